The van der Waals surface area contributed by atoms with Crippen LogP contribution < -0.4 is 10.1 Å². The van der Waals surface area contributed by atoms with Gasteiger partial charge in [0.15, 0.2) is 0 Å². The molecule has 1 N–H and O–H groups in total. The van der Waals surface area contributed by atoms with E-state index in [9.17, 15) is 13.2 Å². The predicted molar refractivity (Wildman–Crippen MR) is 76.6 cm³/mol. The summed E-state index contributed by atoms with van der Waals surface area (Å²) in [6, 6.07) is 5.31. The van der Waals surface area contributed by atoms with E-state index in [0.717, 1.165) is 12.0 Å². The Balaban J connectivity index is 1.89. The van der Waals surface area contributed by atoms with Crippen LogP contribution in [0, 0.1) is 5.92 Å². The number of hydrogen-bond donors (Lipinski definition) is 1. The van der Waals surface area contributed by atoms with Crippen LogP contribution in [0.2, 0.25) is 5.02 Å². The van der Waals surface area contributed by atoms with Gasteiger partial charge < -0.3 is 10.1 Å². The van der Waals surface area contributed by atoms with E-state index in [1.165, 1.54) is 0 Å². The molecule has 0 amide bonds. The molecule has 2 nitrogen and oxygen atoms in total. The molecule has 0 aliphatic heterocycles. The average molecular weight is 322 g/mol. The van der Waals surface area contributed by atoms with E-state index in [2.05, 4.69) is 5.32 Å². The number of methoxy groups -OCH3 is 1. The number of hydrogen-bond acceptors (Lipinski definition) is 2. The van der Waals surface area contributed by atoms with E-state index in [4.69, 9.17) is 16.3 Å². The minimum Gasteiger partial charge on any atom is -0.495 e. The molecule has 6 heteroatoms. The van der Waals surface area contributed by atoms with E-state index in [0.29, 0.717) is 23.7 Å². The first-order chi connectivity index (χ1) is 9.90. The van der Waals surface area contributed by atoms with Crippen LogP contribution >= 0.6 is 11.6 Å². The minimum atomic E-state index is -4.08. The van der Waals surface area contributed by atoms with Crippen LogP contribution in [-0.4, -0.2) is 19.3 Å². The number of halogens is 4. The van der Waals surface area contributed by atoms with Gasteiger partial charge in [0.1, 0.15) is 5.75 Å². The van der Waals surface area contributed by atoms with Gasteiger partial charge in [0.2, 0.25) is 0 Å². The quantitative estimate of drug-likeness (QED) is 0.877. The van der Waals surface area contributed by atoms with Crippen molar-refractivity contribution in [3.05, 3.63) is 28.8 Å². The predicted octanol–water partition coefficient (Wildman–Crippen LogP) is 4.56. The summed E-state index contributed by atoms with van der Waals surface area (Å²) in [7, 11) is 1.54. The molecular weight excluding hydrogens is 303 g/mol. The zero-order valence-electron chi connectivity index (χ0n) is 11.8. The fourth-order valence-corrected chi connectivity index (χ4v) is 3.03. The van der Waals surface area contributed by atoms with Crippen molar-refractivity contribution in [3.63, 3.8) is 0 Å². The van der Waals surface area contributed by atoms with Crippen LogP contribution in [-0.2, 0) is 6.54 Å². The molecule has 1 aromatic rings. The van der Waals surface area contributed by atoms with E-state index in [1.54, 1.807) is 19.2 Å². The molecule has 0 spiro atoms. The van der Waals surface area contributed by atoms with Gasteiger partial charge in [0.25, 0.3) is 0 Å². The Hall–Kier alpha value is -0.940. The molecule has 0 aromatic heterocycles. The van der Waals surface area contributed by atoms with Gasteiger partial charge in [-0.1, -0.05) is 24.1 Å². The molecular formula is C15H19ClF3NO. The van der Waals surface area contributed by atoms with Gasteiger partial charge in [-0.3, -0.25) is 0 Å². The highest BCUT2D eigenvalue weighted by Crippen LogP contribution is 2.37. The van der Waals surface area contributed by atoms with Crippen molar-refractivity contribution in [2.24, 2.45) is 5.92 Å². The zero-order chi connectivity index (χ0) is 15.5. The van der Waals surface area contributed by atoms with Crippen LogP contribution in [0.3, 0.4) is 0 Å². The van der Waals surface area contributed by atoms with Crippen LogP contribution in [0.15, 0.2) is 18.2 Å². The average Bonchev–Trinajstić information content (AvgIpc) is 2.45. The highest BCUT2D eigenvalue weighted by molar-refractivity contribution is 6.32. The zero-order valence-corrected chi connectivity index (χ0v) is 12.6. The van der Waals surface area contributed by atoms with Crippen LogP contribution in [0.25, 0.3) is 0 Å². The van der Waals surface area contributed by atoms with Crippen LogP contribution in [0.5, 0.6) is 5.75 Å². The van der Waals surface area contributed by atoms with Crippen molar-refractivity contribution in [1.82, 2.24) is 5.32 Å². The summed E-state index contributed by atoms with van der Waals surface area (Å²) in [6.07, 6.45) is -2.27. The second-order valence-corrected chi connectivity index (χ2v) is 5.86. The molecule has 21 heavy (non-hydrogen) atoms. The Kier molecular flexibility index (Phi) is 5.38. The molecule has 2 rings (SSSR count). The molecule has 1 aliphatic rings. The first kappa shape index (κ1) is 16.4. The third-order valence-electron chi connectivity index (χ3n) is 3.95. The monoisotopic (exact) mass is 321 g/mol. The summed E-state index contributed by atoms with van der Waals surface area (Å²) in [4.78, 5) is 0. The van der Waals surface area contributed by atoms with Gasteiger partial charge in [0, 0.05) is 12.6 Å². The van der Waals surface area contributed by atoms with Crippen molar-refractivity contribution in [2.75, 3.05) is 7.11 Å². The third kappa shape index (κ3) is 4.51. The maximum absolute atomic E-state index is 12.8. The molecule has 0 heterocycles. The number of nitrogens with one attached hydrogen (secondary N) is 1. The summed E-state index contributed by atoms with van der Waals surface area (Å²) in [5, 5.41) is 3.71. The Morgan fingerprint density at radius 2 is 2.10 bits per heavy atom. The number of benzene rings is 1. The fraction of sp³-hybridized carbons (Fsp3) is 0.600. The smallest absolute Gasteiger partial charge is 0.391 e. The second-order valence-electron chi connectivity index (χ2n) is 5.45. The fourth-order valence-electron chi connectivity index (χ4n) is 2.75. The molecule has 1 aromatic carbocycles. The maximum Gasteiger partial charge on any atom is 0.391 e. The van der Waals surface area contributed by atoms with Crippen LogP contribution in [0.1, 0.15) is 31.2 Å². The molecule has 0 saturated heterocycles. The van der Waals surface area contributed by atoms with Crippen LogP contribution in [0.4, 0.5) is 13.2 Å². The third-order valence-corrected chi connectivity index (χ3v) is 4.24. The summed E-state index contributed by atoms with van der Waals surface area (Å²) in [6.45, 7) is 0.513. The lowest BCUT2D eigenvalue weighted by atomic mass is 9.85. The Labute approximate surface area is 127 Å². The van der Waals surface area contributed by atoms with Gasteiger partial charge in [-0.2, -0.15) is 13.2 Å². The molecule has 2 atom stereocenters. The van der Waals surface area contributed by atoms with E-state index in [1.807, 2.05) is 6.07 Å². The number of rotatable bonds is 4. The minimum absolute atomic E-state index is 0.0914. The van der Waals surface area contributed by atoms with Gasteiger partial charge in [-0.05, 0) is 37.0 Å². The molecule has 0 bridgehead atoms. The first-order valence-electron chi connectivity index (χ1n) is 7.02. The summed E-state index contributed by atoms with van der Waals surface area (Å²) in [5.41, 5.74) is 0.940. The molecule has 1 saturated carbocycles. The van der Waals surface area contributed by atoms with Gasteiger partial charge >= 0.3 is 6.18 Å². The van der Waals surface area contributed by atoms with Crippen molar-refractivity contribution < 1.29 is 17.9 Å². The SMILES string of the molecule is COc1ccc(CNC2CCCC(C(F)(F)F)C2)cc1Cl. The van der Waals surface area contributed by atoms with Gasteiger partial charge in [0.05, 0.1) is 18.1 Å². The Morgan fingerprint density at radius 1 is 1.33 bits per heavy atom. The molecule has 1 fully saturated rings. The number of ether oxygens (including phenoxy) is 1. The molecule has 118 valence electrons. The summed E-state index contributed by atoms with van der Waals surface area (Å²) < 4.78 is 43.3. The standard InChI is InChI=1S/C15H19ClF3NO/c1-21-14-6-5-10(7-13(14)16)9-20-12-4-2-3-11(8-12)15(17,18)19/h5-7,11-12,20H,2-4,8-9H2,1H3. The highest BCUT2D eigenvalue weighted by atomic mass is 35.5. The van der Waals surface area contributed by atoms with Crippen molar-refractivity contribution in [1.29, 1.82) is 0 Å². The van der Waals surface area contributed by atoms with Gasteiger partial charge in [-0.15, -0.1) is 0 Å². The topological polar surface area (TPSA) is 21.3 Å². The van der Waals surface area contributed by atoms with Crippen molar-refractivity contribution in [2.45, 2.75) is 44.4 Å². The first-order valence-corrected chi connectivity index (χ1v) is 7.40. The Bertz CT molecular complexity index is 478. The van der Waals surface area contributed by atoms with E-state index >= 15 is 0 Å². The van der Waals surface area contributed by atoms with Gasteiger partial charge in [-0.25, -0.2) is 0 Å². The number of alkyl halides is 3. The second kappa shape index (κ2) is 6.88. The lowest BCUT2D eigenvalue weighted by Crippen LogP contribution is -2.38. The van der Waals surface area contributed by atoms with E-state index in [-0.39, 0.29) is 18.9 Å². The normalized spacial score (nSPS) is 23.1. The summed E-state index contributed by atoms with van der Waals surface area (Å²) >= 11 is 6.03. The lowest BCUT2D eigenvalue weighted by Gasteiger charge is -2.31. The molecule has 0 radical (unpaired) electrons. The summed E-state index contributed by atoms with van der Waals surface area (Å²) in [5.74, 6) is -0.585. The maximum atomic E-state index is 12.8. The lowest BCUT2D eigenvalue weighted by molar-refractivity contribution is -0.183. The Morgan fingerprint density at radius 3 is 2.71 bits per heavy atom. The molecule has 2 unspecified atom stereocenters. The molecule has 1 aliphatic carbocycles. The van der Waals surface area contributed by atoms with Crippen molar-refractivity contribution >= 4 is 11.6 Å². The largest absolute Gasteiger partial charge is 0.495 e. The van der Waals surface area contributed by atoms with E-state index < -0.39 is 12.1 Å². The van der Waals surface area contributed by atoms with Crippen molar-refractivity contribution in [3.8, 4) is 5.75 Å². The highest BCUT2D eigenvalue weighted by Gasteiger charge is 2.41.